The number of carboxylic acid groups (broad SMARTS) is 1. The highest BCUT2D eigenvalue weighted by molar-refractivity contribution is 6.04. The Morgan fingerprint density at radius 1 is 1.00 bits per heavy atom. The largest absolute Gasteiger partial charge is 0.477 e. The molecule has 10 heteroatoms. The van der Waals surface area contributed by atoms with Crippen LogP contribution < -0.4 is 0 Å². The van der Waals surface area contributed by atoms with Crippen LogP contribution in [-0.2, 0) is 14.4 Å². The maximum absolute atomic E-state index is 12.5. The highest BCUT2D eigenvalue weighted by Crippen LogP contribution is 2.14. The summed E-state index contributed by atoms with van der Waals surface area (Å²) in [6.45, 7) is 0.835. The van der Waals surface area contributed by atoms with E-state index in [1.54, 1.807) is 0 Å². The van der Waals surface area contributed by atoms with Crippen molar-refractivity contribution >= 4 is 29.6 Å². The van der Waals surface area contributed by atoms with Crippen LogP contribution in [0.5, 0.6) is 0 Å². The molecule has 0 atom stereocenters. The van der Waals surface area contributed by atoms with E-state index >= 15 is 0 Å². The molecule has 2 aliphatic rings. The van der Waals surface area contributed by atoms with Crippen LogP contribution in [0.15, 0.2) is 18.3 Å². The molecule has 2 aliphatic heterocycles. The van der Waals surface area contributed by atoms with E-state index < -0.39 is 5.97 Å². The number of carboxylic acids is 1. The van der Waals surface area contributed by atoms with E-state index in [0.717, 1.165) is 4.90 Å². The number of imide groups is 1. The first-order chi connectivity index (χ1) is 12.9. The highest BCUT2D eigenvalue weighted by atomic mass is 16.4. The minimum Gasteiger partial charge on any atom is -0.477 e. The van der Waals surface area contributed by atoms with Crippen molar-refractivity contribution in [3.8, 4) is 0 Å². The Bertz CT molecular complexity index is 799. The first kappa shape index (κ1) is 18.5. The molecule has 3 rings (SSSR count). The molecule has 2 saturated heterocycles. The van der Waals surface area contributed by atoms with Gasteiger partial charge in [0.05, 0.1) is 0 Å². The molecule has 0 radical (unpaired) electrons. The van der Waals surface area contributed by atoms with Gasteiger partial charge in [0.2, 0.25) is 17.7 Å². The lowest BCUT2D eigenvalue weighted by Gasteiger charge is -2.35. The summed E-state index contributed by atoms with van der Waals surface area (Å²) in [5.74, 6) is -2.56. The van der Waals surface area contributed by atoms with Gasteiger partial charge in [-0.3, -0.25) is 24.1 Å². The van der Waals surface area contributed by atoms with Gasteiger partial charge in [-0.25, -0.2) is 9.78 Å². The van der Waals surface area contributed by atoms with E-state index in [1.165, 1.54) is 28.1 Å². The highest BCUT2D eigenvalue weighted by Gasteiger charge is 2.33. The predicted octanol–water partition coefficient (Wildman–Crippen LogP) is -0.787. The predicted molar refractivity (Wildman–Crippen MR) is 89.6 cm³/mol. The molecule has 3 heterocycles. The van der Waals surface area contributed by atoms with Gasteiger partial charge >= 0.3 is 5.97 Å². The number of likely N-dealkylation sites (tertiary alicyclic amines) is 1. The molecule has 1 N–H and O–H groups in total. The fourth-order valence-corrected chi connectivity index (χ4v) is 3.06. The summed E-state index contributed by atoms with van der Waals surface area (Å²) in [4.78, 5) is 66.7. The lowest BCUT2D eigenvalue weighted by molar-refractivity contribution is -0.146. The molecular weight excluding hydrogens is 356 g/mol. The fourth-order valence-electron chi connectivity index (χ4n) is 3.06. The SMILES string of the molecule is O=C(O)c1cc(C(=O)N2CCN(C(=O)CN3C(=O)CCC3=O)CC2)ccn1. The zero-order valence-electron chi connectivity index (χ0n) is 14.5. The van der Waals surface area contributed by atoms with Gasteiger partial charge in [0.15, 0.2) is 0 Å². The van der Waals surface area contributed by atoms with Crippen LogP contribution in [-0.4, -0.2) is 87.1 Å². The number of aromatic carboxylic acids is 1. The number of carbonyl (C=O) groups is 5. The molecule has 0 bridgehead atoms. The average molecular weight is 374 g/mol. The molecule has 4 amide bonds. The van der Waals surface area contributed by atoms with Gasteiger partial charge < -0.3 is 14.9 Å². The van der Waals surface area contributed by atoms with Crippen molar-refractivity contribution in [3.05, 3.63) is 29.6 Å². The second-order valence-corrected chi connectivity index (χ2v) is 6.28. The van der Waals surface area contributed by atoms with Crippen molar-refractivity contribution in [2.45, 2.75) is 12.8 Å². The molecule has 1 aromatic heterocycles. The first-order valence-electron chi connectivity index (χ1n) is 8.46. The van der Waals surface area contributed by atoms with Crippen molar-refractivity contribution in [2.75, 3.05) is 32.7 Å². The zero-order valence-corrected chi connectivity index (χ0v) is 14.5. The molecule has 0 aliphatic carbocycles. The van der Waals surface area contributed by atoms with Gasteiger partial charge in [-0.15, -0.1) is 0 Å². The molecule has 1 aromatic rings. The van der Waals surface area contributed by atoms with E-state index in [0.29, 0.717) is 0 Å². The lowest BCUT2D eigenvalue weighted by Crippen LogP contribution is -2.53. The van der Waals surface area contributed by atoms with Crippen LogP contribution in [0.1, 0.15) is 33.7 Å². The van der Waals surface area contributed by atoms with E-state index in [-0.39, 0.29) is 80.5 Å². The van der Waals surface area contributed by atoms with Crippen LogP contribution in [0, 0.1) is 0 Å². The van der Waals surface area contributed by atoms with Gasteiger partial charge in [0, 0.05) is 50.8 Å². The topological polar surface area (TPSA) is 128 Å². The van der Waals surface area contributed by atoms with E-state index in [9.17, 15) is 24.0 Å². The molecule has 0 aromatic carbocycles. The van der Waals surface area contributed by atoms with Crippen LogP contribution >= 0.6 is 0 Å². The van der Waals surface area contributed by atoms with Crippen LogP contribution in [0.25, 0.3) is 0 Å². The quantitative estimate of drug-likeness (QED) is 0.684. The number of pyridine rings is 1. The molecule has 0 unspecified atom stereocenters. The number of nitrogens with zero attached hydrogens (tertiary/aromatic N) is 4. The average Bonchev–Trinajstić information content (AvgIpc) is 2.99. The number of hydrogen-bond acceptors (Lipinski definition) is 6. The van der Waals surface area contributed by atoms with Crippen molar-refractivity contribution in [1.82, 2.24) is 19.7 Å². The monoisotopic (exact) mass is 374 g/mol. The van der Waals surface area contributed by atoms with Crippen molar-refractivity contribution < 1.29 is 29.1 Å². The molecule has 27 heavy (non-hydrogen) atoms. The normalized spacial score (nSPS) is 17.4. The maximum Gasteiger partial charge on any atom is 0.354 e. The summed E-state index contributed by atoms with van der Waals surface area (Å²) >= 11 is 0. The molecule has 142 valence electrons. The molecule has 0 saturated carbocycles. The van der Waals surface area contributed by atoms with Crippen LogP contribution in [0.4, 0.5) is 0 Å². The third-order valence-corrected chi connectivity index (χ3v) is 4.59. The third-order valence-electron chi connectivity index (χ3n) is 4.59. The van der Waals surface area contributed by atoms with Crippen LogP contribution in [0.2, 0.25) is 0 Å². The Morgan fingerprint density at radius 2 is 1.59 bits per heavy atom. The number of amides is 4. The van der Waals surface area contributed by atoms with E-state index in [4.69, 9.17) is 5.11 Å². The van der Waals surface area contributed by atoms with Gasteiger partial charge in [-0.1, -0.05) is 0 Å². The molecule has 2 fully saturated rings. The number of hydrogen-bond donors (Lipinski definition) is 1. The van der Waals surface area contributed by atoms with Crippen molar-refractivity contribution in [1.29, 1.82) is 0 Å². The summed E-state index contributed by atoms with van der Waals surface area (Å²) in [7, 11) is 0. The van der Waals surface area contributed by atoms with Gasteiger partial charge in [0.1, 0.15) is 12.2 Å². The maximum atomic E-state index is 12.5. The van der Waals surface area contributed by atoms with Crippen molar-refractivity contribution in [3.63, 3.8) is 0 Å². The number of rotatable bonds is 4. The first-order valence-corrected chi connectivity index (χ1v) is 8.46. The van der Waals surface area contributed by atoms with Crippen molar-refractivity contribution in [2.24, 2.45) is 0 Å². The Hall–Kier alpha value is -3.30. The summed E-state index contributed by atoms with van der Waals surface area (Å²) in [6, 6.07) is 2.66. The Balaban J connectivity index is 1.57. The minimum atomic E-state index is -1.22. The fraction of sp³-hybridized carbons (Fsp3) is 0.412. The van der Waals surface area contributed by atoms with Gasteiger partial charge in [0.25, 0.3) is 5.91 Å². The smallest absolute Gasteiger partial charge is 0.354 e. The Labute approximate surface area is 154 Å². The molecular formula is C17H18N4O6. The summed E-state index contributed by atoms with van der Waals surface area (Å²) in [5, 5.41) is 8.97. The number of piperazine rings is 1. The van der Waals surface area contributed by atoms with Crippen LogP contribution in [0.3, 0.4) is 0 Å². The minimum absolute atomic E-state index is 0.138. The molecule has 0 spiro atoms. The van der Waals surface area contributed by atoms with Gasteiger partial charge in [-0.05, 0) is 12.1 Å². The van der Waals surface area contributed by atoms with Gasteiger partial charge in [-0.2, -0.15) is 0 Å². The number of carbonyl (C=O) groups excluding carboxylic acids is 4. The Kier molecular flexibility index (Phi) is 5.15. The number of aromatic nitrogens is 1. The van der Waals surface area contributed by atoms with E-state index in [1.807, 2.05) is 0 Å². The standard InChI is InChI=1S/C17H18N4O6/c22-13-1-2-14(23)21(13)10-15(24)19-5-7-20(8-6-19)16(25)11-3-4-18-12(9-11)17(26)27/h3-4,9H,1-2,5-8,10H2,(H,26,27). The summed E-state index contributed by atoms with van der Waals surface area (Å²) < 4.78 is 0. The second-order valence-electron chi connectivity index (χ2n) is 6.28. The third kappa shape index (κ3) is 3.94. The zero-order chi connectivity index (χ0) is 19.6. The summed E-state index contributed by atoms with van der Waals surface area (Å²) in [6.07, 6.45) is 1.54. The lowest BCUT2D eigenvalue weighted by atomic mass is 10.2. The Morgan fingerprint density at radius 3 is 2.19 bits per heavy atom. The summed E-state index contributed by atoms with van der Waals surface area (Å²) in [5.41, 5.74) is 0.00467. The molecule has 10 nitrogen and oxygen atoms in total. The second kappa shape index (κ2) is 7.52. The van der Waals surface area contributed by atoms with E-state index in [2.05, 4.69) is 4.98 Å².